The van der Waals surface area contributed by atoms with Crippen LogP contribution in [0, 0.1) is 0 Å². The highest BCUT2D eigenvalue weighted by Crippen LogP contribution is 2.32. The molecule has 0 aliphatic heterocycles. The van der Waals surface area contributed by atoms with E-state index < -0.39 is 6.36 Å². The van der Waals surface area contributed by atoms with E-state index >= 15 is 0 Å². The Morgan fingerprint density at radius 3 is 2.11 bits per heavy atom. The van der Waals surface area contributed by atoms with Crippen molar-refractivity contribution < 1.29 is 22.6 Å². The summed E-state index contributed by atoms with van der Waals surface area (Å²) in [4.78, 5) is 0. The Hall–Kier alpha value is -2.99. The van der Waals surface area contributed by atoms with Crippen LogP contribution in [0.2, 0.25) is 0 Å². The Kier molecular flexibility index (Phi) is 5.66. The van der Waals surface area contributed by atoms with Crippen LogP contribution in [0.15, 0.2) is 72.8 Å². The molecular weight excluding hydrogens is 355 g/mol. The molecule has 3 nitrogen and oxygen atoms in total. The van der Waals surface area contributed by atoms with Crippen LogP contribution in [0.5, 0.6) is 11.5 Å². The number of rotatable bonds is 6. The molecule has 0 saturated heterocycles. The monoisotopic (exact) mass is 373 g/mol. The Labute approximate surface area is 155 Å². The molecule has 0 aliphatic rings. The molecule has 3 rings (SSSR count). The number of benzene rings is 3. The highest BCUT2D eigenvalue weighted by Gasteiger charge is 2.32. The Morgan fingerprint density at radius 1 is 0.815 bits per heavy atom. The summed E-state index contributed by atoms with van der Waals surface area (Å²) in [6.07, 6.45) is -4.77. The molecule has 6 heteroatoms. The van der Waals surface area contributed by atoms with Gasteiger partial charge in [-0.15, -0.1) is 13.2 Å². The molecule has 0 bridgehead atoms. The lowest BCUT2D eigenvalue weighted by atomic mass is 10.0. The first-order valence-corrected chi connectivity index (χ1v) is 8.30. The van der Waals surface area contributed by atoms with Crippen LogP contribution < -0.4 is 15.2 Å². The number of ether oxygens (including phenoxy) is 2. The predicted molar refractivity (Wildman–Crippen MR) is 97.2 cm³/mol. The molecule has 0 fully saturated rings. The Morgan fingerprint density at radius 2 is 1.48 bits per heavy atom. The smallest absolute Gasteiger partial charge is 0.489 e. The minimum Gasteiger partial charge on any atom is -0.489 e. The second-order valence-electron chi connectivity index (χ2n) is 5.87. The zero-order valence-corrected chi connectivity index (χ0v) is 14.4. The van der Waals surface area contributed by atoms with E-state index in [9.17, 15) is 13.2 Å². The van der Waals surface area contributed by atoms with Crippen molar-refractivity contribution in [1.82, 2.24) is 0 Å². The summed E-state index contributed by atoms with van der Waals surface area (Å²) in [5.41, 5.74) is 8.18. The van der Waals surface area contributed by atoms with Gasteiger partial charge in [0.15, 0.2) is 0 Å². The normalized spacial score (nSPS) is 11.3. The van der Waals surface area contributed by atoms with E-state index in [1.165, 1.54) is 12.1 Å². The van der Waals surface area contributed by atoms with Crippen molar-refractivity contribution in [1.29, 1.82) is 0 Å². The molecule has 0 aromatic heterocycles. The van der Waals surface area contributed by atoms with Crippen molar-refractivity contribution in [2.75, 3.05) is 0 Å². The first-order valence-electron chi connectivity index (χ1n) is 8.30. The fraction of sp³-hybridized carbons (Fsp3) is 0.143. The summed E-state index contributed by atoms with van der Waals surface area (Å²) in [6, 6.07) is 21.5. The van der Waals surface area contributed by atoms with Gasteiger partial charge in [-0.3, -0.25) is 0 Å². The van der Waals surface area contributed by atoms with Crippen LogP contribution in [-0.4, -0.2) is 6.36 Å². The molecule has 0 amide bonds. The van der Waals surface area contributed by atoms with E-state index in [2.05, 4.69) is 4.74 Å². The van der Waals surface area contributed by atoms with E-state index in [0.29, 0.717) is 23.5 Å². The Bertz CT molecular complexity index is 878. The van der Waals surface area contributed by atoms with E-state index in [4.69, 9.17) is 10.5 Å². The summed E-state index contributed by atoms with van der Waals surface area (Å²) >= 11 is 0. The third kappa shape index (κ3) is 5.24. The van der Waals surface area contributed by atoms with E-state index in [1.54, 1.807) is 30.3 Å². The quantitative estimate of drug-likeness (QED) is 0.639. The molecule has 27 heavy (non-hydrogen) atoms. The predicted octanol–water partition coefficient (Wildman–Crippen LogP) is 5.29. The molecule has 0 heterocycles. The maximum atomic E-state index is 12.6. The number of hydrogen-bond donors (Lipinski definition) is 1. The van der Waals surface area contributed by atoms with Gasteiger partial charge in [-0.05, 0) is 34.9 Å². The molecule has 0 spiro atoms. The van der Waals surface area contributed by atoms with Crippen LogP contribution >= 0.6 is 0 Å². The highest BCUT2D eigenvalue weighted by molar-refractivity contribution is 5.66. The zero-order chi connectivity index (χ0) is 19.3. The first-order chi connectivity index (χ1) is 12.9. The summed E-state index contributed by atoms with van der Waals surface area (Å²) in [5, 5.41) is 0. The molecule has 2 N–H and O–H groups in total. The minimum atomic E-state index is -4.77. The van der Waals surface area contributed by atoms with E-state index in [1.807, 2.05) is 30.3 Å². The maximum Gasteiger partial charge on any atom is 0.573 e. The summed E-state index contributed by atoms with van der Waals surface area (Å²) < 4.78 is 47.6. The molecule has 0 radical (unpaired) electrons. The summed E-state index contributed by atoms with van der Waals surface area (Å²) in [6.45, 7) is 0.396. The SMILES string of the molecule is NCc1ccc(-c2ccc(OCc3ccccc3)cc2)cc1OC(F)(F)F. The van der Waals surface area contributed by atoms with Gasteiger partial charge in [-0.25, -0.2) is 0 Å². The van der Waals surface area contributed by atoms with Gasteiger partial charge < -0.3 is 15.2 Å². The molecular formula is C21H18F3NO2. The lowest BCUT2D eigenvalue weighted by Gasteiger charge is -2.14. The fourth-order valence-electron chi connectivity index (χ4n) is 2.61. The van der Waals surface area contributed by atoms with Gasteiger partial charge in [0, 0.05) is 12.1 Å². The van der Waals surface area contributed by atoms with Crippen LogP contribution in [0.1, 0.15) is 11.1 Å². The minimum absolute atomic E-state index is 0.0437. The van der Waals surface area contributed by atoms with Gasteiger partial charge in [-0.1, -0.05) is 54.6 Å². The number of alkyl halides is 3. The van der Waals surface area contributed by atoms with Gasteiger partial charge in [0.1, 0.15) is 18.1 Å². The average molecular weight is 373 g/mol. The van der Waals surface area contributed by atoms with Crippen molar-refractivity contribution in [3.8, 4) is 22.6 Å². The van der Waals surface area contributed by atoms with Gasteiger partial charge >= 0.3 is 6.36 Å². The average Bonchev–Trinajstić information content (AvgIpc) is 2.66. The van der Waals surface area contributed by atoms with Gasteiger partial charge in [-0.2, -0.15) is 0 Å². The number of nitrogens with two attached hydrogens (primary N) is 1. The van der Waals surface area contributed by atoms with Crippen molar-refractivity contribution >= 4 is 0 Å². The molecule has 0 unspecified atom stereocenters. The third-order valence-electron chi connectivity index (χ3n) is 3.95. The maximum absolute atomic E-state index is 12.6. The Balaban J connectivity index is 1.75. The summed E-state index contributed by atoms with van der Waals surface area (Å²) in [5.74, 6) is 0.389. The molecule has 0 aliphatic carbocycles. The third-order valence-corrected chi connectivity index (χ3v) is 3.95. The van der Waals surface area contributed by atoms with Gasteiger partial charge in [0.05, 0.1) is 0 Å². The van der Waals surface area contributed by atoms with Crippen LogP contribution in [0.25, 0.3) is 11.1 Å². The lowest BCUT2D eigenvalue weighted by molar-refractivity contribution is -0.274. The molecule has 3 aromatic rings. The molecule has 0 saturated carbocycles. The summed E-state index contributed by atoms with van der Waals surface area (Å²) in [7, 11) is 0. The second-order valence-corrected chi connectivity index (χ2v) is 5.87. The second kappa shape index (κ2) is 8.14. The van der Waals surface area contributed by atoms with Crippen LogP contribution in [-0.2, 0) is 13.2 Å². The topological polar surface area (TPSA) is 44.5 Å². The van der Waals surface area contributed by atoms with Crippen molar-refractivity contribution in [3.05, 3.63) is 83.9 Å². The molecule has 3 aromatic carbocycles. The highest BCUT2D eigenvalue weighted by atomic mass is 19.4. The van der Waals surface area contributed by atoms with Gasteiger partial charge in [0.2, 0.25) is 0 Å². The number of hydrogen-bond acceptors (Lipinski definition) is 3. The molecule has 0 atom stereocenters. The van der Waals surface area contributed by atoms with Crippen molar-refractivity contribution in [2.45, 2.75) is 19.5 Å². The fourth-order valence-corrected chi connectivity index (χ4v) is 2.61. The molecule has 140 valence electrons. The first kappa shape index (κ1) is 18.8. The van der Waals surface area contributed by atoms with Crippen LogP contribution in [0.3, 0.4) is 0 Å². The van der Waals surface area contributed by atoms with Crippen LogP contribution in [0.4, 0.5) is 13.2 Å². The lowest BCUT2D eigenvalue weighted by Crippen LogP contribution is -2.18. The largest absolute Gasteiger partial charge is 0.573 e. The van der Waals surface area contributed by atoms with Gasteiger partial charge in [0.25, 0.3) is 0 Å². The van der Waals surface area contributed by atoms with Crippen molar-refractivity contribution in [2.24, 2.45) is 5.73 Å². The van der Waals surface area contributed by atoms with E-state index in [0.717, 1.165) is 11.1 Å². The standard InChI is InChI=1S/C21H18F3NO2/c22-21(23,24)27-20-12-17(6-7-18(20)13-25)16-8-10-19(11-9-16)26-14-15-4-2-1-3-5-15/h1-12H,13-14,25H2. The van der Waals surface area contributed by atoms with E-state index in [-0.39, 0.29) is 12.3 Å². The zero-order valence-electron chi connectivity index (χ0n) is 14.4. The van der Waals surface area contributed by atoms with Crippen molar-refractivity contribution in [3.63, 3.8) is 0 Å². The number of halogens is 3.